The number of urea groups is 1. The minimum atomic E-state index is -3.11. The maximum atomic E-state index is 11.0. The molecule has 0 atom stereocenters. The van der Waals surface area contributed by atoms with Gasteiger partial charge in [-0.15, -0.1) is 0 Å². The van der Waals surface area contributed by atoms with Crippen LogP contribution in [0.2, 0.25) is 0 Å². The zero-order valence-electron chi connectivity index (χ0n) is 8.32. The van der Waals surface area contributed by atoms with Crippen molar-refractivity contribution in [3.05, 3.63) is 0 Å². The number of carbonyl (C=O) groups is 2. The van der Waals surface area contributed by atoms with Crippen molar-refractivity contribution in [1.82, 2.24) is 10.6 Å². The molecule has 2 amide bonds. The van der Waals surface area contributed by atoms with E-state index in [9.17, 15) is 18.0 Å². The summed E-state index contributed by atoms with van der Waals surface area (Å²) in [7, 11) is -3.11. The Morgan fingerprint density at radius 1 is 1.27 bits per heavy atom. The van der Waals surface area contributed by atoms with E-state index in [1.807, 2.05) is 5.32 Å². The van der Waals surface area contributed by atoms with Gasteiger partial charge in [0.1, 0.15) is 6.54 Å². The number of hydrogen-bond donors (Lipinski definition) is 3. The molecular weight excluding hydrogens is 224 g/mol. The summed E-state index contributed by atoms with van der Waals surface area (Å²) in [4.78, 5) is 20.9. The van der Waals surface area contributed by atoms with Crippen LogP contribution in [-0.4, -0.2) is 50.1 Å². The molecule has 0 unspecified atom stereocenters. The van der Waals surface area contributed by atoms with Crippen LogP contribution in [0, 0.1) is 0 Å². The first-order valence-corrected chi connectivity index (χ1v) is 6.13. The predicted molar refractivity (Wildman–Crippen MR) is 53.4 cm³/mol. The number of rotatable bonds is 6. The van der Waals surface area contributed by atoms with Gasteiger partial charge in [-0.05, 0) is 0 Å². The molecule has 8 heteroatoms. The molecule has 0 aliphatic heterocycles. The van der Waals surface area contributed by atoms with Gasteiger partial charge < -0.3 is 15.7 Å². The summed E-state index contributed by atoms with van der Waals surface area (Å²) >= 11 is 0. The highest BCUT2D eigenvalue weighted by Crippen LogP contribution is 1.86. The lowest BCUT2D eigenvalue weighted by Gasteiger charge is -2.05. The SMILES string of the molecule is CCS(=O)(=O)CCNC(=O)NCC(=O)O. The van der Waals surface area contributed by atoms with Gasteiger partial charge in [-0.1, -0.05) is 6.92 Å². The second-order valence-electron chi connectivity index (χ2n) is 2.74. The molecule has 0 heterocycles. The Kier molecular flexibility index (Phi) is 5.68. The summed E-state index contributed by atoms with van der Waals surface area (Å²) in [6.07, 6.45) is 0. The Labute approximate surface area is 87.8 Å². The second kappa shape index (κ2) is 6.23. The van der Waals surface area contributed by atoms with Crippen LogP contribution in [-0.2, 0) is 14.6 Å². The summed E-state index contributed by atoms with van der Waals surface area (Å²) < 4.78 is 22.0. The van der Waals surface area contributed by atoms with Crippen molar-refractivity contribution in [2.75, 3.05) is 24.6 Å². The largest absolute Gasteiger partial charge is 0.480 e. The fourth-order valence-corrected chi connectivity index (χ4v) is 1.38. The topological polar surface area (TPSA) is 113 Å². The number of aliphatic carboxylic acids is 1. The van der Waals surface area contributed by atoms with Crippen molar-refractivity contribution >= 4 is 21.8 Å². The van der Waals surface area contributed by atoms with Crippen molar-refractivity contribution in [3.63, 3.8) is 0 Å². The van der Waals surface area contributed by atoms with Gasteiger partial charge in [0.15, 0.2) is 9.84 Å². The van der Waals surface area contributed by atoms with Gasteiger partial charge >= 0.3 is 12.0 Å². The van der Waals surface area contributed by atoms with Crippen LogP contribution in [0.25, 0.3) is 0 Å². The lowest BCUT2D eigenvalue weighted by atomic mass is 10.6. The molecule has 0 spiro atoms. The van der Waals surface area contributed by atoms with E-state index in [2.05, 4.69) is 5.32 Å². The number of carbonyl (C=O) groups excluding carboxylic acids is 1. The van der Waals surface area contributed by atoms with E-state index < -0.39 is 28.4 Å². The predicted octanol–water partition coefficient (Wildman–Crippen LogP) is -1.20. The fraction of sp³-hybridized carbons (Fsp3) is 0.714. The van der Waals surface area contributed by atoms with Crippen LogP contribution in [0.4, 0.5) is 4.79 Å². The van der Waals surface area contributed by atoms with Crippen LogP contribution >= 0.6 is 0 Å². The molecule has 0 aromatic rings. The summed E-state index contributed by atoms with van der Waals surface area (Å²) in [5, 5.41) is 12.5. The quantitative estimate of drug-likeness (QED) is 0.538. The third-order valence-electron chi connectivity index (χ3n) is 1.54. The third kappa shape index (κ3) is 7.74. The van der Waals surface area contributed by atoms with E-state index in [0.717, 1.165) is 0 Å². The van der Waals surface area contributed by atoms with Crippen molar-refractivity contribution in [2.24, 2.45) is 0 Å². The number of sulfone groups is 1. The van der Waals surface area contributed by atoms with Crippen molar-refractivity contribution in [1.29, 1.82) is 0 Å². The normalized spacial score (nSPS) is 10.7. The lowest BCUT2D eigenvalue weighted by Crippen LogP contribution is -2.40. The van der Waals surface area contributed by atoms with Crippen LogP contribution in [0.3, 0.4) is 0 Å². The van der Waals surface area contributed by atoms with E-state index in [0.29, 0.717) is 0 Å². The molecule has 0 radical (unpaired) electrons. The van der Waals surface area contributed by atoms with Crippen LogP contribution < -0.4 is 10.6 Å². The molecular formula is C7H14N2O5S. The third-order valence-corrected chi connectivity index (χ3v) is 3.24. The highest BCUT2D eigenvalue weighted by Gasteiger charge is 2.08. The zero-order chi connectivity index (χ0) is 11.9. The number of carboxylic acids is 1. The van der Waals surface area contributed by atoms with E-state index in [1.54, 1.807) is 0 Å². The molecule has 3 N–H and O–H groups in total. The second-order valence-corrected chi connectivity index (χ2v) is 5.21. The smallest absolute Gasteiger partial charge is 0.323 e. The monoisotopic (exact) mass is 238 g/mol. The Bertz CT molecular complexity index is 324. The molecule has 15 heavy (non-hydrogen) atoms. The average molecular weight is 238 g/mol. The molecule has 0 aliphatic carbocycles. The molecule has 0 saturated heterocycles. The van der Waals surface area contributed by atoms with Crippen LogP contribution in [0.15, 0.2) is 0 Å². The molecule has 0 bridgehead atoms. The van der Waals surface area contributed by atoms with E-state index in [-0.39, 0.29) is 18.1 Å². The summed E-state index contributed by atoms with van der Waals surface area (Å²) in [6.45, 7) is 0.994. The molecule has 0 aliphatic rings. The first-order chi connectivity index (χ1) is 6.87. The number of carboxylic acid groups (broad SMARTS) is 1. The highest BCUT2D eigenvalue weighted by atomic mass is 32.2. The van der Waals surface area contributed by atoms with Gasteiger partial charge in [0.2, 0.25) is 0 Å². The highest BCUT2D eigenvalue weighted by molar-refractivity contribution is 7.91. The Morgan fingerprint density at radius 3 is 2.33 bits per heavy atom. The molecule has 0 saturated carbocycles. The van der Waals surface area contributed by atoms with Gasteiger partial charge in [0, 0.05) is 12.3 Å². The molecule has 88 valence electrons. The number of nitrogens with one attached hydrogen (secondary N) is 2. The first kappa shape index (κ1) is 13.7. The van der Waals surface area contributed by atoms with Gasteiger partial charge in [-0.2, -0.15) is 0 Å². The zero-order valence-corrected chi connectivity index (χ0v) is 9.13. The minimum Gasteiger partial charge on any atom is -0.480 e. The number of hydrogen-bond acceptors (Lipinski definition) is 4. The Hall–Kier alpha value is -1.31. The van der Waals surface area contributed by atoms with Crippen LogP contribution in [0.1, 0.15) is 6.92 Å². The maximum absolute atomic E-state index is 11.0. The van der Waals surface area contributed by atoms with E-state index >= 15 is 0 Å². The van der Waals surface area contributed by atoms with Crippen LogP contribution in [0.5, 0.6) is 0 Å². The summed E-state index contributed by atoms with van der Waals surface area (Å²) in [5.41, 5.74) is 0. The first-order valence-electron chi connectivity index (χ1n) is 4.31. The number of amides is 2. The molecule has 0 rings (SSSR count). The molecule has 0 fully saturated rings. The van der Waals surface area contributed by atoms with E-state index in [4.69, 9.17) is 5.11 Å². The Morgan fingerprint density at radius 2 is 1.87 bits per heavy atom. The van der Waals surface area contributed by atoms with Gasteiger partial charge in [-0.25, -0.2) is 13.2 Å². The van der Waals surface area contributed by atoms with Crippen molar-refractivity contribution in [2.45, 2.75) is 6.92 Å². The molecule has 0 aromatic carbocycles. The van der Waals surface area contributed by atoms with E-state index in [1.165, 1.54) is 6.92 Å². The molecule has 0 aromatic heterocycles. The van der Waals surface area contributed by atoms with Crippen molar-refractivity contribution < 1.29 is 23.1 Å². The van der Waals surface area contributed by atoms with Gasteiger partial charge in [0.25, 0.3) is 0 Å². The average Bonchev–Trinajstić information content (AvgIpc) is 2.14. The fourth-order valence-electron chi connectivity index (χ4n) is 0.683. The van der Waals surface area contributed by atoms with Crippen molar-refractivity contribution in [3.8, 4) is 0 Å². The van der Waals surface area contributed by atoms with Gasteiger partial charge in [-0.3, -0.25) is 4.79 Å². The maximum Gasteiger partial charge on any atom is 0.323 e. The Balaban J connectivity index is 3.69. The summed E-state index contributed by atoms with van der Waals surface area (Å²) in [5.74, 6) is -1.29. The standard InChI is InChI=1S/C7H14N2O5S/c1-2-15(13,14)4-3-8-7(12)9-5-6(10)11/h2-5H2,1H3,(H,10,11)(H2,8,9,12). The van der Waals surface area contributed by atoms with Gasteiger partial charge in [0.05, 0.1) is 5.75 Å². The summed E-state index contributed by atoms with van der Waals surface area (Å²) in [6, 6.07) is -0.691. The minimum absolute atomic E-state index is 0.0193. The lowest BCUT2D eigenvalue weighted by molar-refractivity contribution is -0.135. The molecule has 7 nitrogen and oxygen atoms in total.